The Kier molecular flexibility index (Phi) is 3.43. The molecule has 6 heteroatoms. The second-order valence-corrected chi connectivity index (χ2v) is 7.17. The number of nitrogens with zero attached hydrogens (tertiary/aromatic N) is 2. The van der Waals surface area contributed by atoms with E-state index < -0.39 is 5.60 Å². The molecule has 0 radical (unpaired) electrons. The Morgan fingerprint density at radius 2 is 2.05 bits per heavy atom. The molecule has 3 aliphatic heterocycles. The van der Waals surface area contributed by atoms with Crippen LogP contribution < -0.4 is 5.73 Å². The van der Waals surface area contributed by atoms with Crippen LogP contribution in [0.3, 0.4) is 0 Å². The van der Waals surface area contributed by atoms with Crippen molar-refractivity contribution in [2.45, 2.75) is 57.0 Å². The maximum absolute atomic E-state index is 12.2. The van der Waals surface area contributed by atoms with E-state index >= 15 is 0 Å². The highest BCUT2D eigenvalue weighted by atomic mass is 16.6. The van der Waals surface area contributed by atoms with Gasteiger partial charge < -0.3 is 20.1 Å². The van der Waals surface area contributed by atoms with Crippen molar-refractivity contribution in [3.8, 4) is 0 Å². The lowest BCUT2D eigenvalue weighted by Gasteiger charge is -2.38. The fraction of sp³-hybridized carbons (Fsp3) is 0.929. The van der Waals surface area contributed by atoms with Crippen LogP contribution in [0.1, 0.15) is 27.2 Å². The number of hydrogen-bond acceptors (Lipinski definition) is 5. The normalized spacial score (nSPS) is 37.7. The number of ether oxygens (including phenoxy) is 2. The molecule has 114 valence electrons. The van der Waals surface area contributed by atoms with Crippen LogP contribution in [0.15, 0.2) is 0 Å². The summed E-state index contributed by atoms with van der Waals surface area (Å²) in [7, 11) is 0. The molecule has 0 aromatic heterocycles. The van der Waals surface area contributed by atoms with E-state index in [1.54, 1.807) is 4.90 Å². The van der Waals surface area contributed by atoms with Crippen LogP contribution in [0.25, 0.3) is 0 Å². The predicted octanol–water partition coefficient (Wildman–Crippen LogP) is 0.406. The van der Waals surface area contributed by atoms with Gasteiger partial charge in [0.15, 0.2) is 0 Å². The van der Waals surface area contributed by atoms with Crippen molar-refractivity contribution in [2.75, 3.05) is 26.2 Å². The highest BCUT2D eigenvalue weighted by Gasteiger charge is 2.48. The third-order valence-electron chi connectivity index (χ3n) is 4.31. The number of amides is 1. The zero-order valence-electron chi connectivity index (χ0n) is 12.5. The fourth-order valence-corrected chi connectivity index (χ4v) is 3.50. The Bertz CT molecular complexity index is 396. The summed E-state index contributed by atoms with van der Waals surface area (Å²) in [4.78, 5) is 16.4. The van der Waals surface area contributed by atoms with E-state index in [-0.39, 0.29) is 24.3 Å². The number of fused-ring (bicyclic) bond motifs is 3. The number of nitrogens with two attached hydrogens (primary N) is 1. The van der Waals surface area contributed by atoms with Crippen molar-refractivity contribution in [1.29, 1.82) is 0 Å². The summed E-state index contributed by atoms with van der Waals surface area (Å²) >= 11 is 0. The average molecular weight is 283 g/mol. The monoisotopic (exact) mass is 283 g/mol. The van der Waals surface area contributed by atoms with Crippen LogP contribution in [0, 0.1) is 0 Å². The van der Waals surface area contributed by atoms with Gasteiger partial charge >= 0.3 is 6.09 Å². The van der Waals surface area contributed by atoms with Gasteiger partial charge in [-0.2, -0.15) is 0 Å². The lowest BCUT2D eigenvalue weighted by molar-refractivity contribution is -0.0668. The van der Waals surface area contributed by atoms with Crippen molar-refractivity contribution in [3.63, 3.8) is 0 Å². The third kappa shape index (κ3) is 2.64. The molecular weight excluding hydrogens is 258 g/mol. The standard InChI is InChI=1S/C14H25N3O3/c1-14(2,3)20-13(18)16-6-11-12(7-16)19-8-10-4-9(15)5-17(10)11/h9-12H,4-8,15H2,1-3H3/t9-,10+,11-,12+/m0/s1. The van der Waals surface area contributed by atoms with Crippen LogP contribution in [0.4, 0.5) is 4.79 Å². The molecule has 1 amide bonds. The van der Waals surface area contributed by atoms with E-state index in [4.69, 9.17) is 15.2 Å². The van der Waals surface area contributed by atoms with Gasteiger partial charge in [-0.05, 0) is 27.2 Å². The highest BCUT2D eigenvalue weighted by Crippen LogP contribution is 2.32. The molecule has 3 rings (SSSR count). The predicted molar refractivity (Wildman–Crippen MR) is 74.4 cm³/mol. The van der Waals surface area contributed by atoms with E-state index in [9.17, 15) is 4.79 Å². The molecule has 3 heterocycles. The SMILES string of the molecule is CC(C)(C)OC(=O)N1C[C@H]2OC[C@H]3C[C@H](N)CN3[C@H]2C1. The van der Waals surface area contributed by atoms with Gasteiger partial charge in [-0.3, -0.25) is 4.90 Å². The topological polar surface area (TPSA) is 68.0 Å². The third-order valence-corrected chi connectivity index (χ3v) is 4.31. The van der Waals surface area contributed by atoms with E-state index in [1.165, 1.54) is 0 Å². The Hall–Kier alpha value is -0.850. The number of rotatable bonds is 0. The first-order valence-electron chi connectivity index (χ1n) is 7.44. The van der Waals surface area contributed by atoms with Gasteiger partial charge in [0.05, 0.1) is 25.3 Å². The fourth-order valence-electron chi connectivity index (χ4n) is 3.50. The molecule has 0 bridgehead atoms. The lowest BCUT2D eigenvalue weighted by Crippen LogP contribution is -2.53. The summed E-state index contributed by atoms with van der Waals surface area (Å²) in [6, 6.07) is 0.928. The van der Waals surface area contributed by atoms with Crippen LogP contribution in [0.2, 0.25) is 0 Å². The zero-order chi connectivity index (χ0) is 14.5. The molecule has 6 nitrogen and oxygen atoms in total. The molecule has 0 saturated carbocycles. The van der Waals surface area contributed by atoms with E-state index in [0.29, 0.717) is 19.1 Å². The van der Waals surface area contributed by atoms with E-state index in [1.807, 2.05) is 20.8 Å². The maximum Gasteiger partial charge on any atom is 0.410 e. The Morgan fingerprint density at radius 1 is 1.30 bits per heavy atom. The minimum Gasteiger partial charge on any atom is -0.444 e. The van der Waals surface area contributed by atoms with Crippen molar-refractivity contribution in [2.24, 2.45) is 5.73 Å². The van der Waals surface area contributed by atoms with Crippen LogP contribution in [-0.2, 0) is 9.47 Å². The lowest BCUT2D eigenvalue weighted by atomic mass is 10.1. The molecule has 0 aromatic carbocycles. The Balaban J connectivity index is 1.65. The summed E-state index contributed by atoms with van der Waals surface area (Å²) < 4.78 is 11.4. The maximum atomic E-state index is 12.2. The molecule has 0 aliphatic carbocycles. The summed E-state index contributed by atoms with van der Waals surface area (Å²) in [5, 5.41) is 0. The first kappa shape index (κ1) is 14.1. The summed E-state index contributed by atoms with van der Waals surface area (Å²) in [5.74, 6) is 0. The van der Waals surface area contributed by atoms with Crippen molar-refractivity contribution in [1.82, 2.24) is 9.80 Å². The molecule has 0 aromatic rings. The van der Waals surface area contributed by atoms with Gasteiger partial charge in [-0.25, -0.2) is 4.79 Å². The van der Waals surface area contributed by atoms with Crippen molar-refractivity contribution in [3.05, 3.63) is 0 Å². The largest absolute Gasteiger partial charge is 0.444 e. The molecule has 3 saturated heterocycles. The van der Waals surface area contributed by atoms with Gasteiger partial charge in [0.2, 0.25) is 0 Å². The van der Waals surface area contributed by atoms with Gasteiger partial charge in [0.1, 0.15) is 5.60 Å². The van der Waals surface area contributed by atoms with Crippen LogP contribution >= 0.6 is 0 Å². The first-order chi connectivity index (χ1) is 9.33. The van der Waals surface area contributed by atoms with Gasteiger partial charge in [-0.15, -0.1) is 0 Å². The molecule has 3 fully saturated rings. The Labute approximate surface area is 120 Å². The number of carbonyl (C=O) groups is 1. The van der Waals surface area contributed by atoms with Gasteiger partial charge in [-0.1, -0.05) is 0 Å². The molecule has 0 spiro atoms. The van der Waals surface area contributed by atoms with Gasteiger partial charge in [0, 0.05) is 25.2 Å². The minimum atomic E-state index is -0.454. The van der Waals surface area contributed by atoms with Crippen molar-refractivity contribution < 1.29 is 14.3 Å². The molecule has 20 heavy (non-hydrogen) atoms. The van der Waals surface area contributed by atoms with Crippen LogP contribution in [-0.4, -0.2) is 72.0 Å². The summed E-state index contributed by atoms with van der Waals surface area (Å²) in [5.41, 5.74) is 5.60. The van der Waals surface area contributed by atoms with E-state index in [2.05, 4.69) is 4.90 Å². The molecule has 3 aliphatic rings. The van der Waals surface area contributed by atoms with Crippen molar-refractivity contribution >= 4 is 6.09 Å². The molecule has 4 atom stereocenters. The quantitative estimate of drug-likeness (QED) is 0.697. The molecule has 2 N–H and O–H groups in total. The molecule has 0 unspecified atom stereocenters. The average Bonchev–Trinajstić information content (AvgIpc) is 2.87. The number of carbonyl (C=O) groups excluding carboxylic acids is 1. The van der Waals surface area contributed by atoms with Crippen LogP contribution in [0.5, 0.6) is 0 Å². The Morgan fingerprint density at radius 3 is 2.75 bits per heavy atom. The number of hydrogen-bond donors (Lipinski definition) is 1. The second-order valence-electron chi connectivity index (χ2n) is 7.17. The number of likely N-dealkylation sites (tertiary alicyclic amines) is 1. The number of morpholine rings is 1. The minimum absolute atomic E-state index is 0.101. The van der Waals surface area contributed by atoms with E-state index in [0.717, 1.165) is 19.6 Å². The van der Waals surface area contributed by atoms with Gasteiger partial charge in [0.25, 0.3) is 0 Å². The zero-order valence-corrected chi connectivity index (χ0v) is 12.5. The summed E-state index contributed by atoms with van der Waals surface area (Å²) in [6.45, 7) is 8.62. The smallest absolute Gasteiger partial charge is 0.410 e. The second kappa shape index (κ2) is 4.86. The summed E-state index contributed by atoms with van der Waals surface area (Å²) in [6.07, 6.45) is 0.856. The molecular formula is C14H25N3O3. The first-order valence-corrected chi connectivity index (χ1v) is 7.44. The highest BCUT2D eigenvalue weighted by molar-refractivity contribution is 5.68.